The van der Waals surface area contributed by atoms with Crippen molar-refractivity contribution in [2.45, 2.75) is 0 Å². The fraction of sp³-hybridized carbons (Fsp3) is 0.167. The fourth-order valence-corrected chi connectivity index (χ4v) is 0.753. The number of hydrogen-bond acceptors (Lipinski definition) is 6. The number of nitrogens with zero attached hydrogens (tertiary/aromatic N) is 3. The Balaban J connectivity index is 3.09. The molecule has 1 aromatic rings. The molecule has 12 heavy (non-hydrogen) atoms. The molecular weight excluding hydrogens is 158 g/mol. The van der Waals surface area contributed by atoms with Gasteiger partial charge in [-0.25, -0.2) is 9.97 Å². The Morgan fingerprint density at radius 1 is 1.67 bits per heavy atom. The third-order valence-corrected chi connectivity index (χ3v) is 1.26. The van der Waals surface area contributed by atoms with E-state index in [9.17, 15) is 0 Å². The first kappa shape index (κ1) is 8.41. The maximum atomic E-state index is 8.56. The van der Waals surface area contributed by atoms with Gasteiger partial charge in [-0.2, -0.15) is 0 Å². The number of aliphatic hydroxyl groups is 1. The lowest BCUT2D eigenvalue weighted by atomic mass is 10.4. The minimum Gasteiger partial charge on any atom is -0.382 e. The second kappa shape index (κ2) is 3.63. The van der Waals surface area contributed by atoms with E-state index in [1.807, 2.05) is 0 Å². The van der Waals surface area contributed by atoms with E-state index in [0.29, 0.717) is 11.5 Å². The lowest BCUT2D eigenvalue weighted by molar-refractivity contribution is 0.325. The van der Waals surface area contributed by atoms with Crippen LogP contribution in [0, 0.1) is 0 Å². The summed E-state index contributed by atoms with van der Waals surface area (Å²) in [5.41, 5.74) is 5.81. The van der Waals surface area contributed by atoms with Crippen LogP contribution in [0.5, 0.6) is 0 Å². The monoisotopic (exact) mass is 167 g/mol. The molecule has 0 atom stereocenters. The van der Waals surface area contributed by atoms with Gasteiger partial charge in [-0.3, -0.25) is 4.99 Å². The average Bonchev–Trinajstić information content (AvgIpc) is 2.05. The van der Waals surface area contributed by atoms with Crippen LogP contribution >= 0.6 is 0 Å². The highest BCUT2D eigenvalue weighted by Gasteiger charge is 2.04. The zero-order chi connectivity index (χ0) is 8.97. The molecule has 0 amide bonds. The molecule has 0 bridgehead atoms. The Kier molecular flexibility index (Phi) is 2.54. The third-order valence-electron chi connectivity index (χ3n) is 1.26. The van der Waals surface area contributed by atoms with Gasteiger partial charge in [0.15, 0.2) is 11.6 Å². The molecule has 0 aromatic carbocycles. The van der Waals surface area contributed by atoms with Crippen molar-refractivity contribution in [1.82, 2.24) is 9.97 Å². The van der Waals surface area contributed by atoms with Gasteiger partial charge >= 0.3 is 0 Å². The van der Waals surface area contributed by atoms with Crippen molar-refractivity contribution in [2.24, 2.45) is 4.99 Å². The molecule has 0 radical (unpaired) electrons. The van der Waals surface area contributed by atoms with Crippen molar-refractivity contribution in [3.63, 3.8) is 0 Å². The number of rotatable bonds is 3. The fourth-order valence-electron chi connectivity index (χ4n) is 0.753. The summed E-state index contributed by atoms with van der Waals surface area (Å²) in [5, 5.41) is 11.1. The number of anilines is 2. The van der Waals surface area contributed by atoms with Crippen molar-refractivity contribution in [2.75, 3.05) is 17.8 Å². The number of aromatic nitrogens is 2. The summed E-state index contributed by atoms with van der Waals surface area (Å²) in [6.45, 7) is 3.07. The molecule has 0 saturated carbocycles. The quantitative estimate of drug-likeness (QED) is 0.426. The molecule has 0 aliphatic rings. The van der Waals surface area contributed by atoms with Crippen molar-refractivity contribution in [1.29, 1.82) is 0 Å². The van der Waals surface area contributed by atoms with E-state index in [1.54, 1.807) is 0 Å². The van der Waals surface area contributed by atoms with Gasteiger partial charge < -0.3 is 16.2 Å². The van der Waals surface area contributed by atoms with Crippen molar-refractivity contribution in [3.8, 4) is 0 Å². The van der Waals surface area contributed by atoms with E-state index in [4.69, 9.17) is 10.8 Å². The topological polar surface area (TPSA) is 96.4 Å². The number of nitrogen functional groups attached to an aromatic ring is 1. The van der Waals surface area contributed by atoms with Crippen LogP contribution in [-0.4, -0.2) is 28.5 Å². The normalized spacial score (nSPS) is 9.42. The second-order valence-corrected chi connectivity index (χ2v) is 1.95. The number of nitrogens with one attached hydrogen (secondary N) is 1. The van der Waals surface area contributed by atoms with Crippen LogP contribution < -0.4 is 11.1 Å². The number of aliphatic imine (C=N–C) groups is 1. The standard InChI is InChI=1S/C6H9N5O/c1-8-4-5(7)9-2-10-6(4)11-3-12/h2,12H,1,3H2,(H3,7,9,10,11). The third kappa shape index (κ3) is 1.48. The van der Waals surface area contributed by atoms with Crippen molar-refractivity contribution >= 4 is 24.0 Å². The molecule has 0 unspecified atom stereocenters. The van der Waals surface area contributed by atoms with Gasteiger partial charge in [-0.15, -0.1) is 0 Å². The minimum absolute atomic E-state index is 0.232. The van der Waals surface area contributed by atoms with E-state index < -0.39 is 0 Å². The highest BCUT2D eigenvalue weighted by Crippen LogP contribution is 2.25. The first-order chi connectivity index (χ1) is 5.79. The number of aliphatic hydroxyl groups excluding tert-OH is 1. The van der Waals surface area contributed by atoms with Crippen LogP contribution in [0.25, 0.3) is 0 Å². The molecule has 0 spiro atoms. The molecule has 6 heteroatoms. The molecule has 1 aromatic heterocycles. The average molecular weight is 167 g/mol. The molecule has 1 rings (SSSR count). The predicted molar refractivity (Wildman–Crippen MR) is 46.4 cm³/mol. The molecule has 0 fully saturated rings. The smallest absolute Gasteiger partial charge is 0.159 e. The zero-order valence-electron chi connectivity index (χ0n) is 6.36. The van der Waals surface area contributed by atoms with Gasteiger partial charge in [0.1, 0.15) is 18.7 Å². The molecule has 0 saturated heterocycles. The Bertz CT molecular complexity index is 287. The Labute approximate surface area is 69.2 Å². The number of hydrogen-bond donors (Lipinski definition) is 3. The summed E-state index contributed by atoms with van der Waals surface area (Å²) in [5.74, 6) is 0.607. The molecule has 0 aliphatic carbocycles. The Morgan fingerprint density at radius 2 is 2.42 bits per heavy atom. The molecule has 6 nitrogen and oxygen atoms in total. The largest absolute Gasteiger partial charge is 0.382 e. The minimum atomic E-state index is -0.237. The van der Waals surface area contributed by atoms with Crippen LogP contribution in [-0.2, 0) is 0 Å². The van der Waals surface area contributed by atoms with Crippen LogP contribution in [0.4, 0.5) is 17.3 Å². The van der Waals surface area contributed by atoms with Gasteiger partial charge in [0.05, 0.1) is 0 Å². The summed E-state index contributed by atoms with van der Waals surface area (Å²) in [4.78, 5) is 11.1. The summed E-state index contributed by atoms with van der Waals surface area (Å²) >= 11 is 0. The van der Waals surface area contributed by atoms with Crippen molar-refractivity contribution < 1.29 is 5.11 Å². The lowest BCUT2D eigenvalue weighted by Gasteiger charge is -2.05. The van der Waals surface area contributed by atoms with E-state index in [1.165, 1.54) is 6.33 Å². The van der Waals surface area contributed by atoms with Gasteiger partial charge in [-0.05, 0) is 6.72 Å². The van der Waals surface area contributed by atoms with Gasteiger partial charge in [0, 0.05) is 0 Å². The number of nitrogens with two attached hydrogens (primary N) is 1. The zero-order valence-corrected chi connectivity index (χ0v) is 6.36. The van der Waals surface area contributed by atoms with E-state index in [2.05, 4.69) is 27.0 Å². The highest BCUT2D eigenvalue weighted by atomic mass is 16.3. The Morgan fingerprint density at radius 3 is 3.00 bits per heavy atom. The SMILES string of the molecule is C=Nc1c(N)ncnc1NCO. The molecule has 1 heterocycles. The summed E-state index contributed by atoms with van der Waals surface area (Å²) < 4.78 is 0. The summed E-state index contributed by atoms with van der Waals surface area (Å²) in [6.07, 6.45) is 1.28. The van der Waals surface area contributed by atoms with Crippen LogP contribution in [0.2, 0.25) is 0 Å². The van der Waals surface area contributed by atoms with Crippen LogP contribution in [0.1, 0.15) is 0 Å². The lowest BCUT2D eigenvalue weighted by Crippen LogP contribution is -2.04. The maximum absolute atomic E-state index is 8.56. The molecular formula is C6H9N5O. The molecule has 0 aliphatic heterocycles. The van der Waals surface area contributed by atoms with Crippen LogP contribution in [0.3, 0.4) is 0 Å². The molecule has 64 valence electrons. The summed E-state index contributed by atoms with van der Waals surface area (Å²) in [7, 11) is 0. The summed E-state index contributed by atoms with van der Waals surface area (Å²) in [6, 6.07) is 0. The van der Waals surface area contributed by atoms with E-state index in [-0.39, 0.29) is 12.5 Å². The highest BCUT2D eigenvalue weighted by molar-refractivity contribution is 5.73. The first-order valence-electron chi connectivity index (χ1n) is 3.21. The second-order valence-electron chi connectivity index (χ2n) is 1.95. The van der Waals surface area contributed by atoms with E-state index in [0.717, 1.165) is 0 Å². The predicted octanol–water partition coefficient (Wildman–Crippen LogP) is -0.247. The molecule has 4 N–H and O–H groups in total. The van der Waals surface area contributed by atoms with Crippen molar-refractivity contribution in [3.05, 3.63) is 6.33 Å². The van der Waals surface area contributed by atoms with Crippen LogP contribution in [0.15, 0.2) is 11.3 Å². The van der Waals surface area contributed by atoms with E-state index >= 15 is 0 Å². The maximum Gasteiger partial charge on any atom is 0.159 e. The van der Waals surface area contributed by atoms with Gasteiger partial charge in [-0.1, -0.05) is 0 Å². The first-order valence-corrected chi connectivity index (χ1v) is 3.21. The Hall–Kier alpha value is -1.69. The van der Waals surface area contributed by atoms with Gasteiger partial charge in [0.2, 0.25) is 0 Å². The van der Waals surface area contributed by atoms with Gasteiger partial charge in [0.25, 0.3) is 0 Å².